The first-order valence-corrected chi connectivity index (χ1v) is 9.11. The van der Waals surface area contributed by atoms with Crippen molar-refractivity contribution in [3.05, 3.63) is 28.3 Å². The molecule has 1 aromatic carbocycles. The van der Waals surface area contributed by atoms with Gasteiger partial charge in [-0.05, 0) is 67.3 Å². The molecule has 5 nitrogen and oxygen atoms in total. The lowest BCUT2D eigenvalue weighted by Gasteiger charge is -2.31. The van der Waals surface area contributed by atoms with E-state index in [0.717, 1.165) is 25.0 Å². The number of carbonyl (C=O) groups is 1. The molecule has 0 aliphatic heterocycles. The van der Waals surface area contributed by atoms with Crippen molar-refractivity contribution in [1.29, 1.82) is 0 Å². The summed E-state index contributed by atoms with van der Waals surface area (Å²) in [6.45, 7) is 7.65. The molecule has 1 aliphatic carbocycles. The Morgan fingerprint density at radius 3 is 2.80 bits per heavy atom. The first-order valence-electron chi connectivity index (χ1n) is 9.11. The number of aryl methyl sites for hydroxylation is 1. The van der Waals surface area contributed by atoms with Gasteiger partial charge in [0.15, 0.2) is 0 Å². The van der Waals surface area contributed by atoms with Crippen LogP contribution in [0, 0.1) is 25.7 Å². The van der Waals surface area contributed by atoms with Crippen molar-refractivity contribution in [2.45, 2.75) is 40.0 Å². The molecule has 2 rings (SSSR count). The molecule has 1 aromatic rings. The van der Waals surface area contributed by atoms with Crippen LogP contribution < -0.4 is 10.1 Å². The number of rotatable bonds is 8. The third kappa shape index (κ3) is 4.73. The summed E-state index contributed by atoms with van der Waals surface area (Å²) in [5, 5.41) is 11.7. The normalized spacial score (nSPS) is 17.7. The van der Waals surface area contributed by atoms with Crippen molar-refractivity contribution < 1.29 is 19.4 Å². The molecular weight excluding hydrogens is 318 g/mol. The van der Waals surface area contributed by atoms with Crippen LogP contribution in [-0.4, -0.2) is 44.5 Å². The van der Waals surface area contributed by atoms with Crippen molar-refractivity contribution in [2.24, 2.45) is 11.8 Å². The van der Waals surface area contributed by atoms with Gasteiger partial charge in [0.2, 0.25) is 5.91 Å². The number of aliphatic hydroxyl groups excluding tert-OH is 1. The predicted molar refractivity (Wildman–Crippen MR) is 98.1 cm³/mol. The first-order chi connectivity index (χ1) is 12.0. The molecule has 2 N–H and O–H groups in total. The molecule has 0 radical (unpaired) electrons. The number of aliphatic hydroxyl groups is 1. The second-order valence-corrected chi connectivity index (χ2v) is 6.92. The maximum atomic E-state index is 12.2. The van der Waals surface area contributed by atoms with Gasteiger partial charge in [-0.25, -0.2) is 0 Å². The van der Waals surface area contributed by atoms with Crippen molar-refractivity contribution in [1.82, 2.24) is 5.32 Å². The quantitative estimate of drug-likeness (QED) is 0.706. The maximum absolute atomic E-state index is 12.2. The number of hydrogen-bond acceptors (Lipinski definition) is 4. The van der Waals surface area contributed by atoms with Crippen molar-refractivity contribution in [2.75, 3.05) is 33.5 Å². The van der Waals surface area contributed by atoms with Gasteiger partial charge in [-0.1, -0.05) is 6.92 Å². The Labute approximate surface area is 150 Å². The van der Waals surface area contributed by atoms with Crippen LogP contribution in [0.2, 0.25) is 0 Å². The lowest BCUT2D eigenvalue weighted by atomic mass is 9.74. The number of amides is 1. The molecule has 0 aromatic heterocycles. The number of fused-ring (bicyclic) bond motifs is 1. The number of benzene rings is 1. The van der Waals surface area contributed by atoms with E-state index < -0.39 is 0 Å². The Hall–Kier alpha value is -1.59. The number of hydrogen-bond donors (Lipinski definition) is 2. The van der Waals surface area contributed by atoms with Gasteiger partial charge in [-0.3, -0.25) is 4.79 Å². The minimum absolute atomic E-state index is 0.0214. The summed E-state index contributed by atoms with van der Waals surface area (Å²) in [4.78, 5) is 12.2. The summed E-state index contributed by atoms with van der Waals surface area (Å²) in [5.41, 5.74) is 5.20. The van der Waals surface area contributed by atoms with E-state index in [1.807, 2.05) is 6.92 Å². The number of ether oxygens (including phenoxy) is 2. The molecule has 25 heavy (non-hydrogen) atoms. The second kappa shape index (κ2) is 9.20. The summed E-state index contributed by atoms with van der Waals surface area (Å²) in [6.07, 6.45) is 2.92. The summed E-state index contributed by atoms with van der Waals surface area (Å²) < 4.78 is 11.0. The van der Waals surface area contributed by atoms with Crippen LogP contribution in [0.15, 0.2) is 6.07 Å². The fraction of sp³-hybridized carbons (Fsp3) is 0.650. The molecule has 0 saturated heterocycles. The highest BCUT2D eigenvalue weighted by molar-refractivity contribution is 5.78. The zero-order valence-electron chi connectivity index (χ0n) is 15.9. The summed E-state index contributed by atoms with van der Waals surface area (Å²) >= 11 is 0. The van der Waals surface area contributed by atoms with E-state index in [1.165, 1.54) is 22.3 Å². The maximum Gasteiger partial charge on any atom is 0.223 e. The molecule has 0 spiro atoms. The highest BCUT2D eigenvalue weighted by atomic mass is 16.5. The van der Waals surface area contributed by atoms with E-state index in [2.05, 4.69) is 25.2 Å². The molecule has 2 atom stereocenters. The third-order valence-electron chi connectivity index (χ3n) is 5.32. The van der Waals surface area contributed by atoms with Crippen LogP contribution in [-0.2, 0) is 22.4 Å². The molecule has 2 unspecified atom stereocenters. The average molecular weight is 349 g/mol. The summed E-state index contributed by atoms with van der Waals surface area (Å²) in [6, 6.07) is 2.13. The smallest absolute Gasteiger partial charge is 0.223 e. The highest BCUT2D eigenvalue weighted by Gasteiger charge is 2.30. The minimum atomic E-state index is -0.0579. The zero-order valence-corrected chi connectivity index (χ0v) is 15.9. The molecule has 0 fully saturated rings. The molecule has 0 saturated carbocycles. The van der Waals surface area contributed by atoms with E-state index in [4.69, 9.17) is 14.6 Å². The third-order valence-corrected chi connectivity index (χ3v) is 5.32. The van der Waals surface area contributed by atoms with Crippen molar-refractivity contribution >= 4 is 5.91 Å². The van der Waals surface area contributed by atoms with Gasteiger partial charge in [-0.15, -0.1) is 0 Å². The molecule has 0 heterocycles. The van der Waals surface area contributed by atoms with Crippen molar-refractivity contribution in [3.8, 4) is 5.75 Å². The standard InChI is InChI=1S/C20H31NO4/c1-13-11-19(25-10-9-24-4)15(3)18-12-16(5-6-17(13)18)14(2)20(23)21-7-8-22/h11,14,16,22H,5-10,12H2,1-4H3,(H,21,23). The molecular formula is C20H31NO4. The fourth-order valence-corrected chi connectivity index (χ4v) is 3.69. The SMILES string of the molecule is COCCOc1cc(C)c2c(c1C)CC(C(C)C(=O)NCCO)CC2. The van der Waals surface area contributed by atoms with E-state index in [9.17, 15) is 4.79 Å². The Balaban J connectivity index is 2.16. The van der Waals surface area contributed by atoms with Crippen LogP contribution in [0.25, 0.3) is 0 Å². The monoisotopic (exact) mass is 349 g/mol. The van der Waals surface area contributed by atoms with Crippen molar-refractivity contribution in [3.63, 3.8) is 0 Å². The van der Waals surface area contributed by atoms with Gasteiger partial charge in [0.1, 0.15) is 12.4 Å². The van der Waals surface area contributed by atoms with Gasteiger partial charge in [0.05, 0.1) is 13.2 Å². The second-order valence-electron chi connectivity index (χ2n) is 6.92. The van der Waals surface area contributed by atoms with Crippen LogP contribution in [0.4, 0.5) is 0 Å². The van der Waals surface area contributed by atoms with Gasteiger partial charge < -0.3 is 19.9 Å². The lowest BCUT2D eigenvalue weighted by Crippen LogP contribution is -2.37. The van der Waals surface area contributed by atoms with Crippen LogP contribution >= 0.6 is 0 Å². The predicted octanol–water partition coefficient (Wildman–Crippen LogP) is 2.18. The topological polar surface area (TPSA) is 67.8 Å². The molecule has 1 amide bonds. The van der Waals surface area contributed by atoms with Gasteiger partial charge in [-0.2, -0.15) is 0 Å². The Kier molecular flexibility index (Phi) is 7.26. The Morgan fingerprint density at radius 2 is 2.12 bits per heavy atom. The van der Waals surface area contributed by atoms with E-state index in [0.29, 0.717) is 25.7 Å². The van der Waals surface area contributed by atoms with Crippen LogP contribution in [0.1, 0.15) is 35.6 Å². The van der Waals surface area contributed by atoms with Crippen LogP contribution in [0.3, 0.4) is 0 Å². The molecule has 1 aliphatic rings. The van der Waals surface area contributed by atoms with Gasteiger partial charge in [0, 0.05) is 19.6 Å². The number of carbonyl (C=O) groups excluding carboxylic acids is 1. The summed E-state index contributed by atoms with van der Waals surface area (Å²) in [5.74, 6) is 1.21. The average Bonchev–Trinajstić information content (AvgIpc) is 2.62. The Bertz CT molecular complexity index is 600. The van der Waals surface area contributed by atoms with Gasteiger partial charge >= 0.3 is 0 Å². The van der Waals surface area contributed by atoms with Gasteiger partial charge in [0.25, 0.3) is 0 Å². The lowest BCUT2D eigenvalue weighted by molar-refractivity contribution is -0.126. The Morgan fingerprint density at radius 1 is 1.36 bits per heavy atom. The highest BCUT2D eigenvalue weighted by Crippen LogP contribution is 2.37. The first kappa shape index (κ1) is 19.7. The number of methoxy groups -OCH3 is 1. The number of nitrogens with one attached hydrogen (secondary N) is 1. The zero-order chi connectivity index (χ0) is 18.4. The van der Waals surface area contributed by atoms with E-state index >= 15 is 0 Å². The fourth-order valence-electron chi connectivity index (χ4n) is 3.69. The van der Waals surface area contributed by atoms with E-state index in [1.54, 1.807) is 7.11 Å². The summed E-state index contributed by atoms with van der Waals surface area (Å²) in [7, 11) is 1.67. The minimum Gasteiger partial charge on any atom is -0.491 e. The largest absolute Gasteiger partial charge is 0.491 e. The molecule has 140 valence electrons. The van der Waals surface area contributed by atoms with E-state index in [-0.39, 0.29) is 18.4 Å². The molecule has 5 heteroatoms. The molecule has 0 bridgehead atoms. The van der Waals surface area contributed by atoms with Crippen LogP contribution in [0.5, 0.6) is 5.75 Å².